The SMILES string of the molecule is COc1cc(NC(=O)OC(C)(C)C)ccc1CBr. The molecule has 100 valence electrons. The highest BCUT2D eigenvalue weighted by Gasteiger charge is 2.16. The number of hydrogen-bond acceptors (Lipinski definition) is 3. The lowest BCUT2D eigenvalue weighted by atomic mass is 10.2. The van der Waals surface area contributed by atoms with Crippen LogP contribution in [0.4, 0.5) is 10.5 Å². The summed E-state index contributed by atoms with van der Waals surface area (Å²) in [5.74, 6) is 0.723. The van der Waals surface area contributed by atoms with Crippen LogP contribution in [0.25, 0.3) is 0 Å². The first-order valence-corrected chi connectivity index (χ1v) is 6.71. The van der Waals surface area contributed by atoms with Gasteiger partial charge in [-0.2, -0.15) is 0 Å². The maximum Gasteiger partial charge on any atom is 0.412 e. The van der Waals surface area contributed by atoms with Gasteiger partial charge in [0.15, 0.2) is 0 Å². The largest absolute Gasteiger partial charge is 0.496 e. The summed E-state index contributed by atoms with van der Waals surface area (Å²) in [5, 5.41) is 3.37. The van der Waals surface area contributed by atoms with Crippen LogP contribution in [0.2, 0.25) is 0 Å². The third-order valence-corrected chi connectivity index (χ3v) is 2.68. The minimum Gasteiger partial charge on any atom is -0.496 e. The van der Waals surface area contributed by atoms with Crippen LogP contribution in [-0.4, -0.2) is 18.8 Å². The van der Waals surface area contributed by atoms with Crippen molar-refractivity contribution in [2.24, 2.45) is 0 Å². The lowest BCUT2D eigenvalue weighted by Gasteiger charge is -2.20. The normalized spacial score (nSPS) is 10.9. The van der Waals surface area contributed by atoms with E-state index >= 15 is 0 Å². The van der Waals surface area contributed by atoms with E-state index in [-0.39, 0.29) is 0 Å². The molecule has 0 unspecified atom stereocenters. The molecule has 1 amide bonds. The van der Waals surface area contributed by atoms with E-state index in [1.807, 2.05) is 32.9 Å². The first kappa shape index (κ1) is 14.8. The average molecular weight is 316 g/mol. The minimum absolute atomic E-state index is 0.476. The summed E-state index contributed by atoms with van der Waals surface area (Å²) >= 11 is 3.37. The number of alkyl halides is 1. The molecular formula is C13H18BrNO3. The summed E-state index contributed by atoms with van der Waals surface area (Å²) in [6.45, 7) is 5.46. The second-order valence-corrected chi connectivity index (χ2v) is 5.35. The Labute approximate surface area is 116 Å². The molecule has 0 aliphatic carbocycles. The third kappa shape index (κ3) is 4.56. The van der Waals surface area contributed by atoms with Gasteiger partial charge in [-0.15, -0.1) is 0 Å². The molecule has 1 aromatic rings. The van der Waals surface area contributed by atoms with Crippen molar-refractivity contribution in [3.8, 4) is 5.75 Å². The Hall–Kier alpha value is -1.23. The molecule has 0 aliphatic heterocycles. The third-order valence-electron chi connectivity index (χ3n) is 2.08. The van der Waals surface area contributed by atoms with Crippen LogP contribution in [0.5, 0.6) is 5.75 Å². The molecular weight excluding hydrogens is 298 g/mol. The summed E-state index contributed by atoms with van der Waals surface area (Å²) in [7, 11) is 1.60. The van der Waals surface area contributed by atoms with Gasteiger partial charge in [-0.05, 0) is 26.8 Å². The first-order valence-electron chi connectivity index (χ1n) is 5.58. The van der Waals surface area contributed by atoms with E-state index in [0.29, 0.717) is 11.0 Å². The van der Waals surface area contributed by atoms with Crippen LogP contribution in [-0.2, 0) is 10.1 Å². The molecule has 1 aromatic carbocycles. The van der Waals surface area contributed by atoms with E-state index < -0.39 is 11.7 Å². The van der Waals surface area contributed by atoms with Gasteiger partial charge >= 0.3 is 6.09 Å². The predicted octanol–water partition coefficient (Wildman–Crippen LogP) is 3.94. The summed E-state index contributed by atoms with van der Waals surface area (Å²) in [6.07, 6.45) is -0.476. The number of rotatable bonds is 3. The predicted molar refractivity (Wildman–Crippen MR) is 75.5 cm³/mol. The fraction of sp³-hybridized carbons (Fsp3) is 0.462. The number of carbonyl (C=O) groups excluding carboxylic acids is 1. The van der Waals surface area contributed by atoms with Crippen molar-refractivity contribution in [2.45, 2.75) is 31.7 Å². The number of anilines is 1. The molecule has 1 N–H and O–H groups in total. The molecule has 18 heavy (non-hydrogen) atoms. The Morgan fingerprint density at radius 1 is 1.39 bits per heavy atom. The topological polar surface area (TPSA) is 47.6 Å². The maximum atomic E-state index is 11.6. The molecule has 0 aromatic heterocycles. The lowest BCUT2D eigenvalue weighted by molar-refractivity contribution is 0.0636. The summed E-state index contributed by atoms with van der Waals surface area (Å²) in [6, 6.07) is 5.46. The number of amides is 1. The van der Waals surface area contributed by atoms with Gasteiger partial charge in [0.1, 0.15) is 11.4 Å². The van der Waals surface area contributed by atoms with Crippen molar-refractivity contribution in [3.05, 3.63) is 23.8 Å². The zero-order chi connectivity index (χ0) is 13.8. The summed E-state index contributed by atoms with van der Waals surface area (Å²) in [4.78, 5) is 11.6. The molecule has 0 fully saturated rings. The van der Waals surface area contributed by atoms with Gasteiger partial charge in [0.05, 0.1) is 7.11 Å². The van der Waals surface area contributed by atoms with E-state index in [9.17, 15) is 4.79 Å². The molecule has 1 rings (SSSR count). The Balaban J connectivity index is 2.76. The van der Waals surface area contributed by atoms with E-state index in [0.717, 1.165) is 11.3 Å². The van der Waals surface area contributed by atoms with Crippen LogP contribution in [0.15, 0.2) is 18.2 Å². The zero-order valence-electron chi connectivity index (χ0n) is 11.0. The first-order chi connectivity index (χ1) is 8.35. The molecule has 0 spiro atoms. The number of halogens is 1. The second-order valence-electron chi connectivity index (χ2n) is 4.79. The molecule has 0 radical (unpaired) electrons. The van der Waals surface area contributed by atoms with Gasteiger partial charge in [-0.1, -0.05) is 22.0 Å². The van der Waals surface area contributed by atoms with Crippen molar-refractivity contribution in [1.29, 1.82) is 0 Å². The highest BCUT2D eigenvalue weighted by atomic mass is 79.9. The van der Waals surface area contributed by atoms with Crippen molar-refractivity contribution in [2.75, 3.05) is 12.4 Å². The molecule has 0 saturated carbocycles. The molecule has 0 aliphatic rings. The van der Waals surface area contributed by atoms with Gasteiger partial charge in [0.2, 0.25) is 0 Å². The fourth-order valence-electron chi connectivity index (χ4n) is 1.35. The van der Waals surface area contributed by atoms with Gasteiger partial charge < -0.3 is 9.47 Å². The number of methoxy groups -OCH3 is 1. The maximum absolute atomic E-state index is 11.6. The van der Waals surface area contributed by atoms with Crippen LogP contribution in [0.1, 0.15) is 26.3 Å². The van der Waals surface area contributed by atoms with Crippen molar-refractivity contribution < 1.29 is 14.3 Å². The van der Waals surface area contributed by atoms with Crippen molar-refractivity contribution >= 4 is 27.7 Å². The zero-order valence-corrected chi connectivity index (χ0v) is 12.6. The molecule has 0 atom stereocenters. The van der Waals surface area contributed by atoms with Gasteiger partial charge in [-0.25, -0.2) is 4.79 Å². The van der Waals surface area contributed by atoms with Crippen LogP contribution in [0.3, 0.4) is 0 Å². The van der Waals surface area contributed by atoms with E-state index in [2.05, 4.69) is 21.2 Å². The molecule has 0 saturated heterocycles. The highest BCUT2D eigenvalue weighted by molar-refractivity contribution is 9.08. The van der Waals surface area contributed by atoms with Crippen LogP contribution >= 0.6 is 15.9 Å². The molecule has 0 bridgehead atoms. The Morgan fingerprint density at radius 3 is 2.56 bits per heavy atom. The lowest BCUT2D eigenvalue weighted by Crippen LogP contribution is -2.27. The van der Waals surface area contributed by atoms with Gasteiger partial charge in [0.25, 0.3) is 0 Å². The Morgan fingerprint density at radius 2 is 2.06 bits per heavy atom. The standard InChI is InChI=1S/C13H18BrNO3/c1-13(2,3)18-12(16)15-10-6-5-9(8-14)11(7-10)17-4/h5-7H,8H2,1-4H3,(H,15,16). The Bertz CT molecular complexity index is 427. The fourth-order valence-corrected chi connectivity index (χ4v) is 1.82. The van der Waals surface area contributed by atoms with Crippen molar-refractivity contribution in [3.63, 3.8) is 0 Å². The Kier molecular flexibility index (Phi) is 5.02. The van der Waals surface area contributed by atoms with E-state index in [1.54, 1.807) is 13.2 Å². The molecule has 5 heteroatoms. The summed E-state index contributed by atoms with van der Waals surface area (Å²) < 4.78 is 10.4. The van der Waals surface area contributed by atoms with E-state index in [4.69, 9.17) is 9.47 Å². The number of carbonyl (C=O) groups is 1. The van der Waals surface area contributed by atoms with Crippen LogP contribution < -0.4 is 10.1 Å². The second kappa shape index (κ2) is 6.09. The monoisotopic (exact) mass is 315 g/mol. The van der Waals surface area contributed by atoms with Gasteiger partial charge in [-0.3, -0.25) is 5.32 Å². The molecule has 4 nitrogen and oxygen atoms in total. The smallest absolute Gasteiger partial charge is 0.412 e. The average Bonchev–Trinajstić information content (AvgIpc) is 2.26. The number of benzene rings is 1. The van der Waals surface area contributed by atoms with E-state index in [1.165, 1.54) is 0 Å². The number of hydrogen-bond donors (Lipinski definition) is 1. The van der Waals surface area contributed by atoms with Crippen molar-refractivity contribution in [1.82, 2.24) is 0 Å². The minimum atomic E-state index is -0.510. The number of nitrogens with one attached hydrogen (secondary N) is 1. The number of ether oxygens (including phenoxy) is 2. The quantitative estimate of drug-likeness (QED) is 0.859. The van der Waals surface area contributed by atoms with Crippen LogP contribution in [0, 0.1) is 0 Å². The van der Waals surface area contributed by atoms with Gasteiger partial charge in [0, 0.05) is 22.6 Å². The molecule has 0 heterocycles. The summed E-state index contributed by atoms with van der Waals surface area (Å²) in [5.41, 5.74) is 1.15. The highest BCUT2D eigenvalue weighted by Crippen LogP contribution is 2.25.